The van der Waals surface area contributed by atoms with E-state index in [0.29, 0.717) is 24.7 Å². The summed E-state index contributed by atoms with van der Waals surface area (Å²) in [7, 11) is -2.31. The highest BCUT2D eigenvalue weighted by molar-refractivity contribution is 7.89. The molecule has 31 heavy (non-hydrogen) atoms. The number of nitrogens with zero attached hydrogens (tertiary/aromatic N) is 5. The van der Waals surface area contributed by atoms with E-state index in [0.717, 1.165) is 11.4 Å². The van der Waals surface area contributed by atoms with Gasteiger partial charge in [0, 0.05) is 24.5 Å². The molecule has 0 unspecified atom stereocenters. The molecule has 11 nitrogen and oxygen atoms in total. The Balaban J connectivity index is 1.65. The van der Waals surface area contributed by atoms with Crippen LogP contribution in [0.15, 0.2) is 29.2 Å². The van der Waals surface area contributed by atoms with E-state index in [1.54, 1.807) is 0 Å². The first-order valence-corrected chi connectivity index (χ1v) is 11.0. The standard InChI is InChI=1S/C19H22N6O5S/c1-12-10-13(2)25-19(20-12)22-17(23-25)18(26)21-15-11-14(4-5-16(15)29-3)31(27,28)24-6-8-30-9-7-24/h4-5,10-11H,6-9H2,1-3H3,(H,21,26). The van der Waals surface area contributed by atoms with Gasteiger partial charge in [-0.3, -0.25) is 4.79 Å². The number of aryl methyl sites for hydroxylation is 2. The van der Waals surface area contributed by atoms with Gasteiger partial charge >= 0.3 is 0 Å². The molecule has 1 aliphatic rings. The monoisotopic (exact) mass is 446 g/mol. The van der Waals surface area contributed by atoms with Gasteiger partial charge in [-0.25, -0.2) is 17.9 Å². The minimum absolute atomic E-state index is 0.0431. The van der Waals surface area contributed by atoms with Crippen molar-refractivity contribution in [3.8, 4) is 5.75 Å². The maximum absolute atomic E-state index is 13.0. The van der Waals surface area contributed by atoms with Crippen LogP contribution in [0, 0.1) is 13.8 Å². The smallest absolute Gasteiger partial charge is 0.295 e. The molecule has 1 aliphatic heterocycles. The zero-order chi connectivity index (χ0) is 22.2. The number of hydrogen-bond donors (Lipinski definition) is 1. The van der Waals surface area contributed by atoms with Crippen LogP contribution >= 0.6 is 0 Å². The Morgan fingerprint density at radius 2 is 1.90 bits per heavy atom. The molecule has 164 valence electrons. The quantitative estimate of drug-likeness (QED) is 0.615. The van der Waals surface area contributed by atoms with Gasteiger partial charge in [-0.15, -0.1) is 5.10 Å². The number of benzene rings is 1. The highest BCUT2D eigenvalue weighted by atomic mass is 32.2. The summed E-state index contributed by atoms with van der Waals surface area (Å²) in [5, 5.41) is 6.85. The van der Waals surface area contributed by atoms with E-state index in [4.69, 9.17) is 9.47 Å². The number of fused-ring (bicyclic) bond motifs is 1. The number of rotatable bonds is 5. The minimum atomic E-state index is -3.74. The SMILES string of the molecule is COc1ccc(S(=O)(=O)N2CCOCC2)cc1NC(=O)c1nc2nc(C)cc(C)n2n1. The van der Waals surface area contributed by atoms with Crippen molar-refractivity contribution in [2.75, 3.05) is 38.7 Å². The molecule has 0 atom stereocenters. The lowest BCUT2D eigenvalue weighted by Crippen LogP contribution is -2.40. The van der Waals surface area contributed by atoms with E-state index in [2.05, 4.69) is 20.4 Å². The van der Waals surface area contributed by atoms with Crippen LogP contribution in [0.1, 0.15) is 22.0 Å². The number of anilines is 1. The molecule has 3 heterocycles. The van der Waals surface area contributed by atoms with Gasteiger partial charge in [-0.2, -0.15) is 9.29 Å². The third kappa shape index (κ3) is 4.09. The number of carbonyl (C=O) groups excluding carboxylic acids is 1. The molecule has 1 fully saturated rings. The second kappa shape index (κ2) is 8.21. The van der Waals surface area contributed by atoms with Crippen molar-refractivity contribution < 1.29 is 22.7 Å². The Labute approximate surface area is 179 Å². The average molecular weight is 446 g/mol. The summed E-state index contributed by atoms with van der Waals surface area (Å²) >= 11 is 0. The second-order valence-corrected chi connectivity index (χ2v) is 8.96. The number of amides is 1. The maximum atomic E-state index is 13.0. The lowest BCUT2D eigenvalue weighted by molar-refractivity contribution is 0.0730. The van der Waals surface area contributed by atoms with E-state index >= 15 is 0 Å². The van der Waals surface area contributed by atoms with Crippen LogP contribution in [-0.2, 0) is 14.8 Å². The van der Waals surface area contributed by atoms with E-state index in [9.17, 15) is 13.2 Å². The van der Waals surface area contributed by atoms with Crippen molar-refractivity contribution in [1.82, 2.24) is 23.9 Å². The molecule has 0 spiro atoms. The summed E-state index contributed by atoms with van der Waals surface area (Å²) < 4.78 is 39.3. The predicted octanol–water partition coefficient (Wildman–Crippen LogP) is 1.02. The Morgan fingerprint density at radius 1 is 1.16 bits per heavy atom. The number of nitrogens with one attached hydrogen (secondary N) is 1. The fraction of sp³-hybridized carbons (Fsp3) is 0.368. The van der Waals surface area contributed by atoms with Crippen LogP contribution in [0.25, 0.3) is 5.78 Å². The van der Waals surface area contributed by atoms with Crippen molar-refractivity contribution in [2.24, 2.45) is 0 Å². The topological polar surface area (TPSA) is 128 Å². The zero-order valence-electron chi connectivity index (χ0n) is 17.3. The van der Waals surface area contributed by atoms with Crippen LogP contribution in [0.4, 0.5) is 5.69 Å². The predicted molar refractivity (Wildman–Crippen MR) is 111 cm³/mol. The van der Waals surface area contributed by atoms with Crippen LogP contribution in [0.2, 0.25) is 0 Å². The molecule has 1 amide bonds. The molecular formula is C19H22N6O5S. The molecule has 2 aromatic heterocycles. The summed E-state index contributed by atoms with van der Waals surface area (Å²) in [5.74, 6) is -0.0899. The molecular weight excluding hydrogens is 424 g/mol. The van der Waals surface area contributed by atoms with Gasteiger partial charge < -0.3 is 14.8 Å². The van der Waals surface area contributed by atoms with Crippen molar-refractivity contribution in [3.63, 3.8) is 0 Å². The first kappa shape index (κ1) is 21.2. The van der Waals surface area contributed by atoms with Crippen LogP contribution in [-0.4, -0.2) is 71.6 Å². The molecule has 0 bridgehead atoms. The third-order valence-electron chi connectivity index (χ3n) is 4.85. The van der Waals surface area contributed by atoms with Gasteiger partial charge in [0.15, 0.2) is 0 Å². The Kier molecular flexibility index (Phi) is 5.60. The molecule has 0 radical (unpaired) electrons. The lowest BCUT2D eigenvalue weighted by atomic mass is 10.3. The first-order chi connectivity index (χ1) is 14.8. The van der Waals surface area contributed by atoms with Gasteiger partial charge in [-0.1, -0.05) is 0 Å². The summed E-state index contributed by atoms with van der Waals surface area (Å²) in [4.78, 5) is 21.3. The average Bonchev–Trinajstić information content (AvgIpc) is 3.19. The second-order valence-electron chi connectivity index (χ2n) is 7.02. The van der Waals surface area contributed by atoms with Crippen molar-refractivity contribution in [1.29, 1.82) is 0 Å². The van der Waals surface area contributed by atoms with Gasteiger partial charge in [0.25, 0.3) is 11.7 Å². The highest BCUT2D eigenvalue weighted by Crippen LogP contribution is 2.29. The molecule has 4 rings (SSSR count). The molecule has 3 aromatic rings. The number of ether oxygens (including phenoxy) is 2. The van der Waals surface area contributed by atoms with E-state index in [1.165, 1.54) is 34.1 Å². The number of methoxy groups -OCH3 is 1. The molecule has 1 saturated heterocycles. The van der Waals surface area contributed by atoms with Crippen LogP contribution in [0.5, 0.6) is 5.75 Å². The molecule has 12 heteroatoms. The Bertz CT molecular complexity index is 1250. The van der Waals surface area contributed by atoms with Gasteiger partial charge in [0.1, 0.15) is 5.75 Å². The largest absolute Gasteiger partial charge is 0.495 e. The number of carbonyl (C=O) groups is 1. The molecule has 0 saturated carbocycles. The molecule has 0 aliphatic carbocycles. The number of morpholine rings is 1. The number of aromatic nitrogens is 4. The van der Waals surface area contributed by atoms with Gasteiger partial charge in [-0.05, 0) is 38.1 Å². The van der Waals surface area contributed by atoms with E-state index < -0.39 is 15.9 Å². The summed E-state index contributed by atoms with van der Waals surface area (Å²) in [6, 6.07) is 6.13. The number of sulfonamides is 1. The Morgan fingerprint density at radius 3 is 2.61 bits per heavy atom. The van der Waals surface area contributed by atoms with E-state index in [-0.39, 0.29) is 29.5 Å². The van der Waals surface area contributed by atoms with Gasteiger partial charge in [0.2, 0.25) is 15.8 Å². The third-order valence-corrected chi connectivity index (χ3v) is 6.74. The fourth-order valence-electron chi connectivity index (χ4n) is 3.32. The minimum Gasteiger partial charge on any atom is -0.495 e. The zero-order valence-corrected chi connectivity index (χ0v) is 18.1. The molecule has 1 aromatic carbocycles. The highest BCUT2D eigenvalue weighted by Gasteiger charge is 2.27. The normalized spacial score (nSPS) is 15.2. The Hall–Kier alpha value is -3.09. The summed E-state index contributed by atoms with van der Waals surface area (Å²) in [6.45, 7) is 4.88. The van der Waals surface area contributed by atoms with E-state index in [1.807, 2.05) is 19.9 Å². The maximum Gasteiger partial charge on any atom is 0.295 e. The van der Waals surface area contributed by atoms with Crippen LogP contribution in [0.3, 0.4) is 0 Å². The van der Waals surface area contributed by atoms with Gasteiger partial charge in [0.05, 0.1) is 30.9 Å². The van der Waals surface area contributed by atoms with Crippen LogP contribution < -0.4 is 10.1 Å². The lowest BCUT2D eigenvalue weighted by Gasteiger charge is -2.26. The van der Waals surface area contributed by atoms with Crippen molar-refractivity contribution in [3.05, 3.63) is 41.5 Å². The first-order valence-electron chi connectivity index (χ1n) is 9.58. The summed E-state index contributed by atoms with van der Waals surface area (Å²) in [5.41, 5.74) is 1.74. The fourth-order valence-corrected chi connectivity index (χ4v) is 4.76. The molecule has 1 N–H and O–H groups in total. The van der Waals surface area contributed by atoms with Crippen molar-refractivity contribution in [2.45, 2.75) is 18.7 Å². The van der Waals surface area contributed by atoms with Crippen molar-refractivity contribution >= 4 is 27.4 Å². The summed E-state index contributed by atoms with van der Waals surface area (Å²) in [6.07, 6.45) is 0. The number of hydrogen-bond acceptors (Lipinski definition) is 8.